The number of amides is 1. The zero-order chi connectivity index (χ0) is 14.4. The number of nitrogens with one attached hydrogen (secondary N) is 1. The van der Waals surface area contributed by atoms with Crippen LogP contribution in [0.1, 0.15) is 11.1 Å². The Hall–Kier alpha value is -2.69. The van der Waals surface area contributed by atoms with Crippen molar-refractivity contribution in [1.29, 1.82) is 0 Å². The third-order valence-electron chi connectivity index (χ3n) is 2.77. The van der Waals surface area contributed by atoms with E-state index in [1.807, 2.05) is 30.3 Å². The number of carbonyl (C=O) groups is 1. The molecule has 0 aliphatic heterocycles. The maximum atomic E-state index is 11.6. The van der Waals surface area contributed by atoms with E-state index in [1.54, 1.807) is 19.1 Å². The summed E-state index contributed by atoms with van der Waals surface area (Å²) >= 11 is 0. The third-order valence-corrected chi connectivity index (χ3v) is 2.77. The Labute approximate surface area is 116 Å². The highest BCUT2D eigenvalue weighted by Crippen LogP contribution is 2.22. The van der Waals surface area contributed by atoms with Crippen molar-refractivity contribution < 1.29 is 9.53 Å². The molecule has 20 heavy (non-hydrogen) atoms. The summed E-state index contributed by atoms with van der Waals surface area (Å²) in [5.41, 5.74) is 2.43. The number of ether oxygens (including phenoxy) is 1. The molecular formula is C15H14N2O3. The van der Waals surface area contributed by atoms with Crippen LogP contribution in [0.2, 0.25) is 0 Å². The Morgan fingerprint density at radius 2 is 1.95 bits per heavy atom. The number of hydrogen-bond acceptors (Lipinski definition) is 4. The lowest BCUT2D eigenvalue weighted by Gasteiger charge is -2.08. The molecule has 0 radical (unpaired) electrons. The molecule has 0 spiro atoms. The summed E-state index contributed by atoms with van der Waals surface area (Å²) in [6, 6.07) is 14.3. The summed E-state index contributed by atoms with van der Waals surface area (Å²) in [4.78, 5) is 22.2. The van der Waals surface area contributed by atoms with Gasteiger partial charge in [0.15, 0.2) is 0 Å². The second-order valence-corrected chi connectivity index (χ2v) is 4.28. The Morgan fingerprint density at radius 1 is 1.20 bits per heavy atom. The minimum Gasteiger partial charge on any atom is -0.444 e. The summed E-state index contributed by atoms with van der Waals surface area (Å²) in [7, 11) is 0. The molecule has 5 nitrogen and oxygen atoms in total. The number of aryl methyl sites for hydroxylation is 1. The molecule has 0 saturated carbocycles. The van der Waals surface area contributed by atoms with Crippen molar-refractivity contribution in [2.24, 2.45) is 5.18 Å². The SMILES string of the molecule is Cc1ccc(NC(=O)OCc2ccccc2)cc1N=O. The van der Waals surface area contributed by atoms with Gasteiger partial charge in [0.2, 0.25) is 0 Å². The molecule has 0 atom stereocenters. The van der Waals surface area contributed by atoms with Gasteiger partial charge in [-0.3, -0.25) is 5.32 Å². The zero-order valence-corrected chi connectivity index (χ0v) is 11.0. The van der Waals surface area contributed by atoms with Crippen molar-refractivity contribution in [3.05, 3.63) is 64.6 Å². The van der Waals surface area contributed by atoms with Crippen LogP contribution in [0.5, 0.6) is 0 Å². The van der Waals surface area contributed by atoms with E-state index in [0.717, 1.165) is 11.1 Å². The summed E-state index contributed by atoms with van der Waals surface area (Å²) in [5.74, 6) is 0. The maximum absolute atomic E-state index is 11.6. The molecule has 1 N–H and O–H groups in total. The standard InChI is InChI=1S/C15H14N2O3/c1-11-7-8-13(9-14(11)17-19)16-15(18)20-10-12-5-3-2-4-6-12/h2-9H,10H2,1H3,(H,16,18). The van der Waals surface area contributed by atoms with E-state index in [2.05, 4.69) is 10.5 Å². The molecule has 0 aliphatic rings. The minimum atomic E-state index is -0.574. The number of nitrogens with zero attached hydrogens (tertiary/aromatic N) is 1. The first-order valence-electron chi connectivity index (χ1n) is 6.11. The molecule has 102 valence electrons. The molecule has 1 amide bonds. The number of benzene rings is 2. The first-order valence-corrected chi connectivity index (χ1v) is 6.11. The molecule has 0 fully saturated rings. The van der Waals surface area contributed by atoms with Crippen molar-refractivity contribution >= 4 is 17.5 Å². The van der Waals surface area contributed by atoms with Crippen LogP contribution in [0.3, 0.4) is 0 Å². The molecule has 2 aromatic rings. The topological polar surface area (TPSA) is 67.8 Å². The maximum Gasteiger partial charge on any atom is 0.411 e. The number of carbonyl (C=O) groups excluding carboxylic acids is 1. The summed E-state index contributed by atoms with van der Waals surface area (Å²) in [5, 5.41) is 5.44. The van der Waals surface area contributed by atoms with E-state index in [9.17, 15) is 9.70 Å². The summed E-state index contributed by atoms with van der Waals surface area (Å²) in [6.07, 6.45) is -0.574. The van der Waals surface area contributed by atoms with Crippen molar-refractivity contribution in [2.45, 2.75) is 13.5 Å². The Morgan fingerprint density at radius 3 is 2.65 bits per heavy atom. The Balaban J connectivity index is 1.93. The Bertz CT molecular complexity index is 612. The van der Waals surface area contributed by atoms with Gasteiger partial charge in [0.1, 0.15) is 12.3 Å². The predicted molar refractivity (Wildman–Crippen MR) is 76.9 cm³/mol. The van der Waals surface area contributed by atoms with Crippen LogP contribution in [-0.2, 0) is 11.3 Å². The van der Waals surface area contributed by atoms with Gasteiger partial charge < -0.3 is 4.74 Å². The van der Waals surface area contributed by atoms with Crippen LogP contribution in [-0.4, -0.2) is 6.09 Å². The van der Waals surface area contributed by atoms with Gasteiger partial charge in [-0.05, 0) is 35.4 Å². The van der Waals surface area contributed by atoms with Gasteiger partial charge >= 0.3 is 6.09 Å². The molecule has 0 bridgehead atoms. The molecule has 2 rings (SSSR count). The fourth-order valence-corrected chi connectivity index (χ4v) is 1.66. The van der Waals surface area contributed by atoms with Crippen LogP contribution >= 0.6 is 0 Å². The van der Waals surface area contributed by atoms with Crippen molar-refractivity contribution in [2.75, 3.05) is 5.32 Å². The number of nitroso groups, excluding NO2 is 1. The van der Waals surface area contributed by atoms with Gasteiger partial charge in [-0.15, -0.1) is 4.91 Å². The molecular weight excluding hydrogens is 256 g/mol. The normalized spacial score (nSPS) is 9.85. The quantitative estimate of drug-likeness (QED) is 0.849. The van der Waals surface area contributed by atoms with E-state index in [4.69, 9.17) is 4.74 Å². The summed E-state index contributed by atoms with van der Waals surface area (Å²) in [6.45, 7) is 1.96. The molecule has 5 heteroatoms. The second-order valence-electron chi connectivity index (χ2n) is 4.28. The van der Waals surface area contributed by atoms with Crippen LogP contribution in [0.15, 0.2) is 53.7 Å². The van der Waals surface area contributed by atoms with Crippen molar-refractivity contribution in [3.8, 4) is 0 Å². The molecule has 0 aliphatic carbocycles. The van der Waals surface area contributed by atoms with Gasteiger partial charge in [-0.2, -0.15) is 0 Å². The van der Waals surface area contributed by atoms with Crippen LogP contribution < -0.4 is 5.32 Å². The lowest BCUT2D eigenvalue weighted by Crippen LogP contribution is -2.13. The van der Waals surface area contributed by atoms with E-state index >= 15 is 0 Å². The predicted octanol–water partition coefficient (Wildman–Crippen LogP) is 4.14. The zero-order valence-electron chi connectivity index (χ0n) is 11.0. The fourth-order valence-electron chi connectivity index (χ4n) is 1.66. The first kappa shape index (κ1) is 13.7. The highest BCUT2D eigenvalue weighted by atomic mass is 16.5. The highest BCUT2D eigenvalue weighted by molar-refractivity contribution is 5.85. The van der Waals surface area contributed by atoms with Crippen LogP contribution in [0.4, 0.5) is 16.2 Å². The highest BCUT2D eigenvalue weighted by Gasteiger charge is 2.06. The van der Waals surface area contributed by atoms with Gasteiger partial charge in [-0.25, -0.2) is 4.79 Å². The monoisotopic (exact) mass is 270 g/mol. The van der Waals surface area contributed by atoms with E-state index in [1.165, 1.54) is 6.07 Å². The van der Waals surface area contributed by atoms with Gasteiger partial charge in [0.25, 0.3) is 0 Å². The van der Waals surface area contributed by atoms with E-state index < -0.39 is 6.09 Å². The third kappa shape index (κ3) is 3.65. The molecule has 0 saturated heterocycles. The largest absolute Gasteiger partial charge is 0.444 e. The molecule has 2 aromatic carbocycles. The number of anilines is 1. The van der Waals surface area contributed by atoms with Gasteiger partial charge in [0, 0.05) is 5.69 Å². The second kappa shape index (κ2) is 6.47. The van der Waals surface area contributed by atoms with Gasteiger partial charge in [0.05, 0.1) is 0 Å². The first-order chi connectivity index (χ1) is 9.69. The van der Waals surface area contributed by atoms with Crippen molar-refractivity contribution in [3.63, 3.8) is 0 Å². The average Bonchev–Trinajstić information content (AvgIpc) is 2.48. The number of hydrogen-bond donors (Lipinski definition) is 1. The molecule has 0 unspecified atom stereocenters. The van der Waals surface area contributed by atoms with Crippen LogP contribution in [0, 0.1) is 11.8 Å². The lowest BCUT2D eigenvalue weighted by atomic mass is 10.2. The fraction of sp³-hybridized carbons (Fsp3) is 0.133. The minimum absolute atomic E-state index is 0.192. The lowest BCUT2D eigenvalue weighted by molar-refractivity contribution is 0.155. The van der Waals surface area contributed by atoms with E-state index in [-0.39, 0.29) is 6.61 Å². The average molecular weight is 270 g/mol. The summed E-state index contributed by atoms with van der Waals surface area (Å²) < 4.78 is 5.08. The molecule has 0 heterocycles. The smallest absolute Gasteiger partial charge is 0.411 e. The number of rotatable bonds is 4. The van der Waals surface area contributed by atoms with Crippen molar-refractivity contribution in [1.82, 2.24) is 0 Å². The Kier molecular flexibility index (Phi) is 4.44. The van der Waals surface area contributed by atoms with Gasteiger partial charge in [-0.1, -0.05) is 36.4 Å². The van der Waals surface area contributed by atoms with Crippen LogP contribution in [0.25, 0.3) is 0 Å². The van der Waals surface area contributed by atoms with E-state index in [0.29, 0.717) is 11.4 Å². The molecule has 0 aromatic heterocycles.